The fraction of sp³-hybridized carbons (Fsp3) is 1.00. The van der Waals surface area contributed by atoms with E-state index in [4.69, 9.17) is 4.74 Å². The first-order valence-electron chi connectivity index (χ1n) is 8.30. The van der Waals surface area contributed by atoms with Gasteiger partial charge in [-0.05, 0) is 38.6 Å². The van der Waals surface area contributed by atoms with Crippen molar-refractivity contribution in [2.24, 2.45) is 5.92 Å². The van der Waals surface area contributed by atoms with Crippen LogP contribution in [0.1, 0.15) is 44.9 Å². The van der Waals surface area contributed by atoms with Gasteiger partial charge in [0.1, 0.15) is 0 Å². The molecule has 2 saturated heterocycles. The van der Waals surface area contributed by atoms with Gasteiger partial charge in [0.25, 0.3) is 0 Å². The van der Waals surface area contributed by atoms with Crippen LogP contribution in [0.4, 0.5) is 0 Å². The van der Waals surface area contributed by atoms with E-state index in [2.05, 4.69) is 11.9 Å². The van der Waals surface area contributed by atoms with Crippen LogP contribution in [0.2, 0.25) is 0 Å². The molecule has 0 aromatic heterocycles. The molecule has 0 bridgehead atoms. The number of ether oxygens (including phenoxy) is 1. The molecule has 1 saturated carbocycles. The SMILES string of the molecule is CN1CCSCC1C(O)C1CCOC2(CCCCC2)C1. The standard InChI is InChI=1S/C16H29NO2S/c1-17-8-10-20-12-14(17)15(18)13-5-9-19-16(11-13)6-3-2-4-7-16/h13-15,18H,2-12H2,1H3. The smallest absolute Gasteiger partial charge is 0.0733 e. The number of aliphatic hydroxyl groups is 1. The summed E-state index contributed by atoms with van der Waals surface area (Å²) in [4.78, 5) is 2.37. The average molecular weight is 299 g/mol. The lowest BCUT2D eigenvalue weighted by Gasteiger charge is -2.47. The summed E-state index contributed by atoms with van der Waals surface area (Å²) in [6.07, 6.45) is 8.36. The van der Waals surface area contributed by atoms with Crippen molar-refractivity contribution in [1.29, 1.82) is 0 Å². The molecule has 0 radical (unpaired) electrons. The van der Waals surface area contributed by atoms with E-state index >= 15 is 0 Å². The monoisotopic (exact) mass is 299 g/mol. The van der Waals surface area contributed by atoms with Crippen molar-refractivity contribution in [2.75, 3.05) is 31.7 Å². The van der Waals surface area contributed by atoms with Crippen LogP contribution in [-0.2, 0) is 4.74 Å². The van der Waals surface area contributed by atoms with E-state index in [1.807, 2.05) is 11.8 Å². The predicted molar refractivity (Wildman–Crippen MR) is 84.2 cm³/mol. The summed E-state index contributed by atoms with van der Waals surface area (Å²) in [7, 11) is 2.17. The normalized spacial score (nSPS) is 36.9. The van der Waals surface area contributed by atoms with E-state index in [9.17, 15) is 5.11 Å². The molecule has 0 amide bonds. The third kappa shape index (κ3) is 3.18. The Bertz CT molecular complexity index is 314. The summed E-state index contributed by atoms with van der Waals surface area (Å²) in [6.45, 7) is 1.96. The largest absolute Gasteiger partial charge is 0.391 e. The molecule has 0 aromatic carbocycles. The molecule has 3 unspecified atom stereocenters. The maximum Gasteiger partial charge on any atom is 0.0733 e. The summed E-state index contributed by atoms with van der Waals surface area (Å²) >= 11 is 1.99. The van der Waals surface area contributed by atoms with Gasteiger partial charge >= 0.3 is 0 Å². The lowest BCUT2D eigenvalue weighted by atomic mass is 9.73. The second kappa shape index (κ2) is 6.55. The van der Waals surface area contributed by atoms with E-state index in [0.29, 0.717) is 12.0 Å². The van der Waals surface area contributed by atoms with Gasteiger partial charge in [0, 0.05) is 30.7 Å². The molecule has 20 heavy (non-hydrogen) atoms. The Hall–Kier alpha value is 0.230. The Kier molecular flexibility index (Phi) is 4.96. The van der Waals surface area contributed by atoms with E-state index < -0.39 is 0 Å². The maximum absolute atomic E-state index is 10.9. The van der Waals surface area contributed by atoms with Crippen LogP contribution >= 0.6 is 11.8 Å². The first-order valence-corrected chi connectivity index (χ1v) is 9.46. The van der Waals surface area contributed by atoms with Crippen LogP contribution in [0.3, 0.4) is 0 Å². The molecule has 3 rings (SSSR count). The second-order valence-electron chi connectivity index (χ2n) is 6.96. The van der Waals surface area contributed by atoms with Gasteiger partial charge in [-0.1, -0.05) is 19.3 Å². The summed E-state index contributed by atoms with van der Waals surface area (Å²) < 4.78 is 6.17. The Labute approximate surface area is 127 Å². The van der Waals surface area contributed by atoms with Gasteiger partial charge in [0.15, 0.2) is 0 Å². The summed E-state index contributed by atoms with van der Waals surface area (Å²) in [5, 5.41) is 10.9. The number of hydrogen-bond donors (Lipinski definition) is 1. The van der Waals surface area contributed by atoms with Crippen molar-refractivity contribution in [3.8, 4) is 0 Å². The summed E-state index contributed by atoms with van der Waals surface area (Å²) in [5.74, 6) is 2.73. The van der Waals surface area contributed by atoms with Gasteiger partial charge < -0.3 is 9.84 Å². The highest BCUT2D eigenvalue weighted by molar-refractivity contribution is 7.99. The van der Waals surface area contributed by atoms with E-state index in [1.54, 1.807) is 0 Å². The van der Waals surface area contributed by atoms with Gasteiger partial charge in [-0.3, -0.25) is 4.90 Å². The Morgan fingerprint density at radius 3 is 2.85 bits per heavy atom. The molecule has 3 nitrogen and oxygen atoms in total. The van der Waals surface area contributed by atoms with Crippen molar-refractivity contribution < 1.29 is 9.84 Å². The number of rotatable bonds is 2. The number of hydrogen-bond acceptors (Lipinski definition) is 4. The highest BCUT2D eigenvalue weighted by Gasteiger charge is 2.42. The molecular formula is C16H29NO2S. The molecule has 3 fully saturated rings. The summed E-state index contributed by atoms with van der Waals surface area (Å²) in [6, 6.07) is 0.345. The van der Waals surface area contributed by atoms with Crippen molar-refractivity contribution in [3.63, 3.8) is 0 Å². The van der Waals surface area contributed by atoms with Crippen LogP contribution in [0.15, 0.2) is 0 Å². The first-order chi connectivity index (χ1) is 9.70. The minimum absolute atomic E-state index is 0.114. The van der Waals surface area contributed by atoms with Crippen LogP contribution in [0.5, 0.6) is 0 Å². The minimum Gasteiger partial charge on any atom is -0.391 e. The molecule has 4 heteroatoms. The van der Waals surface area contributed by atoms with Crippen molar-refractivity contribution in [3.05, 3.63) is 0 Å². The zero-order chi connectivity index (χ0) is 14.0. The lowest BCUT2D eigenvalue weighted by molar-refractivity contribution is -0.139. The average Bonchev–Trinajstić information content (AvgIpc) is 2.48. The second-order valence-corrected chi connectivity index (χ2v) is 8.11. The van der Waals surface area contributed by atoms with E-state index in [0.717, 1.165) is 31.7 Å². The minimum atomic E-state index is -0.171. The zero-order valence-electron chi connectivity index (χ0n) is 12.7. The van der Waals surface area contributed by atoms with Crippen molar-refractivity contribution >= 4 is 11.8 Å². The Balaban J connectivity index is 1.63. The molecule has 1 spiro atoms. The Morgan fingerprint density at radius 2 is 2.10 bits per heavy atom. The fourth-order valence-electron chi connectivity index (χ4n) is 4.28. The van der Waals surface area contributed by atoms with Gasteiger partial charge in [-0.2, -0.15) is 11.8 Å². The molecule has 0 aromatic rings. The summed E-state index contributed by atoms with van der Waals surface area (Å²) in [5.41, 5.74) is 0.114. The molecule has 1 N–H and O–H groups in total. The third-order valence-electron chi connectivity index (χ3n) is 5.62. The zero-order valence-corrected chi connectivity index (χ0v) is 13.5. The highest BCUT2D eigenvalue weighted by Crippen LogP contribution is 2.42. The highest BCUT2D eigenvalue weighted by atomic mass is 32.2. The van der Waals surface area contributed by atoms with Crippen LogP contribution < -0.4 is 0 Å². The van der Waals surface area contributed by atoms with Crippen LogP contribution in [-0.4, -0.2) is 59.5 Å². The number of thioether (sulfide) groups is 1. The molecule has 116 valence electrons. The molecule has 3 atom stereocenters. The fourth-order valence-corrected chi connectivity index (χ4v) is 5.56. The predicted octanol–water partition coefficient (Wildman–Crippen LogP) is 2.52. The van der Waals surface area contributed by atoms with Crippen LogP contribution in [0, 0.1) is 5.92 Å². The van der Waals surface area contributed by atoms with Gasteiger partial charge in [-0.15, -0.1) is 0 Å². The molecule has 1 aliphatic carbocycles. The Morgan fingerprint density at radius 1 is 1.30 bits per heavy atom. The molecular weight excluding hydrogens is 270 g/mol. The van der Waals surface area contributed by atoms with Crippen molar-refractivity contribution in [1.82, 2.24) is 4.90 Å². The van der Waals surface area contributed by atoms with Gasteiger partial charge in [0.05, 0.1) is 11.7 Å². The molecule has 2 aliphatic heterocycles. The quantitative estimate of drug-likeness (QED) is 0.849. The number of nitrogens with zero attached hydrogens (tertiary/aromatic N) is 1. The third-order valence-corrected chi connectivity index (χ3v) is 6.66. The molecule has 3 aliphatic rings. The number of aliphatic hydroxyl groups excluding tert-OH is 1. The van der Waals surface area contributed by atoms with Gasteiger partial charge in [-0.25, -0.2) is 0 Å². The lowest BCUT2D eigenvalue weighted by Crippen LogP contribution is -2.53. The molecule has 2 heterocycles. The van der Waals surface area contributed by atoms with Crippen molar-refractivity contribution in [2.45, 2.75) is 62.7 Å². The number of likely N-dealkylation sites (N-methyl/N-ethyl adjacent to an activating group) is 1. The van der Waals surface area contributed by atoms with Crippen LogP contribution in [0.25, 0.3) is 0 Å². The van der Waals surface area contributed by atoms with E-state index in [-0.39, 0.29) is 11.7 Å². The first kappa shape index (κ1) is 15.1. The van der Waals surface area contributed by atoms with E-state index in [1.165, 1.54) is 37.9 Å². The van der Waals surface area contributed by atoms with Gasteiger partial charge in [0.2, 0.25) is 0 Å². The maximum atomic E-state index is 10.9. The topological polar surface area (TPSA) is 32.7 Å².